The van der Waals surface area contributed by atoms with Gasteiger partial charge in [0, 0.05) is 32.2 Å². The van der Waals surface area contributed by atoms with Crippen LogP contribution in [-0.4, -0.2) is 54.6 Å². The Hall–Kier alpha value is -0.810. The fourth-order valence-corrected chi connectivity index (χ4v) is 2.11. The lowest BCUT2D eigenvalue weighted by atomic mass is 9.99. The van der Waals surface area contributed by atoms with Crippen molar-refractivity contribution >= 4 is 6.09 Å². The number of aliphatic hydroxyl groups is 1. The molecule has 1 saturated heterocycles. The topological polar surface area (TPSA) is 59.0 Å². The van der Waals surface area contributed by atoms with Crippen LogP contribution >= 0.6 is 0 Å². The molecule has 1 atom stereocenters. The third kappa shape index (κ3) is 6.78. The number of ether oxygens (including phenoxy) is 2. The molecule has 1 fully saturated rings. The fraction of sp³-hybridized carbons (Fsp3) is 0.929. The Balaban J connectivity index is 2.31. The molecule has 0 aromatic rings. The standard InChI is InChI=1S/C14H27NO4/c1-14(2,3)19-13(17)15-7-4-6-12(10-15)11-18-9-5-8-16/h12,16H,4-11H2,1-3H3/t12-/m0/s1. The molecule has 1 aliphatic heterocycles. The monoisotopic (exact) mass is 273 g/mol. The summed E-state index contributed by atoms with van der Waals surface area (Å²) in [6.45, 7) is 8.50. The summed E-state index contributed by atoms with van der Waals surface area (Å²) < 4.78 is 10.9. The summed E-state index contributed by atoms with van der Waals surface area (Å²) in [5.74, 6) is 0.375. The molecule has 0 saturated carbocycles. The summed E-state index contributed by atoms with van der Waals surface area (Å²) in [5.41, 5.74) is -0.443. The number of aliphatic hydroxyl groups excluding tert-OH is 1. The molecule has 0 unspecified atom stereocenters. The molecule has 1 heterocycles. The minimum atomic E-state index is -0.443. The summed E-state index contributed by atoms with van der Waals surface area (Å²) in [6, 6.07) is 0. The number of carbonyl (C=O) groups excluding carboxylic acids is 1. The molecule has 5 nitrogen and oxygen atoms in total. The van der Waals surface area contributed by atoms with Gasteiger partial charge in [0.25, 0.3) is 0 Å². The van der Waals surface area contributed by atoms with E-state index in [4.69, 9.17) is 14.6 Å². The quantitative estimate of drug-likeness (QED) is 0.779. The van der Waals surface area contributed by atoms with Crippen LogP contribution in [0, 0.1) is 5.92 Å². The molecule has 0 spiro atoms. The van der Waals surface area contributed by atoms with Gasteiger partial charge in [-0.2, -0.15) is 0 Å². The van der Waals surface area contributed by atoms with Gasteiger partial charge in [-0.15, -0.1) is 0 Å². The highest BCUT2D eigenvalue weighted by Gasteiger charge is 2.27. The van der Waals surface area contributed by atoms with Crippen molar-refractivity contribution < 1.29 is 19.4 Å². The Morgan fingerprint density at radius 2 is 2.16 bits per heavy atom. The van der Waals surface area contributed by atoms with Gasteiger partial charge in [0.1, 0.15) is 5.60 Å². The number of amides is 1. The summed E-state index contributed by atoms with van der Waals surface area (Å²) in [5, 5.41) is 8.68. The van der Waals surface area contributed by atoms with E-state index < -0.39 is 5.60 Å². The molecule has 1 aliphatic rings. The van der Waals surface area contributed by atoms with Crippen LogP contribution in [0.2, 0.25) is 0 Å². The highest BCUT2D eigenvalue weighted by molar-refractivity contribution is 5.68. The van der Waals surface area contributed by atoms with Crippen molar-refractivity contribution in [3.8, 4) is 0 Å². The normalized spacial score (nSPS) is 20.4. The zero-order valence-electron chi connectivity index (χ0n) is 12.4. The number of piperidine rings is 1. The van der Waals surface area contributed by atoms with E-state index in [1.54, 1.807) is 4.90 Å². The van der Waals surface area contributed by atoms with Gasteiger partial charge in [0.05, 0.1) is 6.61 Å². The van der Waals surface area contributed by atoms with Gasteiger partial charge < -0.3 is 19.5 Å². The smallest absolute Gasteiger partial charge is 0.410 e. The van der Waals surface area contributed by atoms with Crippen LogP contribution in [0.25, 0.3) is 0 Å². The minimum Gasteiger partial charge on any atom is -0.444 e. The van der Waals surface area contributed by atoms with Crippen LogP contribution in [0.3, 0.4) is 0 Å². The Labute approximate surface area is 115 Å². The first-order valence-electron chi connectivity index (χ1n) is 7.09. The Bertz CT molecular complexity index is 275. The van der Waals surface area contributed by atoms with Crippen LogP contribution < -0.4 is 0 Å². The second-order valence-electron chi connectivity index (χ2n) is 6.09. The molecule has 5 heteroatoms. The van der Waals surface area contributed by atoms with E-state index in [1.807, 2.05) is 20.8 Å². The van der Waals surface area contributed by atoms with Crippen molar-refractivity contribution in [1.29, 1.82) is 0 Å². The van der Waals surface area contributed by atoms with Gasteiger partial charge in [-0.1, -0.05) is 0 Å². The van der Waals surface area contributed by atoms with E-state index in [0.717, 1.165) is 19.4 Å². The second kappa shape index (κ2) is 7.70. The van der Waals surface area contributed by atoms with Crippen molar-refractivity contribution in [1.82, 2.24) is 4.90 Å². The molecular weight excluding hydrogens is 246 g/mol. The summed E-state index contributed by atoms with van der Waals surface area (Å²) in [4.78, 5) is 13.7. The SMILES string of the molecule is CC(C)(C)OC(=O)N1CCC[C@H](COCCCO)C1. The van der Waals surface area contributed by atoms with Crippen LogP contribution in [0.4, 0.5) is 4.79 Å². The Kier molecular flexibility index (Phi) is 6.58. The summed E-state index contributed by atoms with van der Waals surface area (Å²) in [6.07, 6.45) is 2.52. The number of hydrogen-bond acceptors (Lipinski definition) is 4. The van der Waals surface area contributed by atoms with E-state index in [2.05, 4.69) is 0 Å². The molecule has 1 amide bonds. The van der Waals surface area contributed by atoms with Gasteiger partial charge in [-0.25, -0.2) is 4.79 Å². The maximum absolute atomic E-state index is 12.0. The molecule has 0 bridgehead atoms. The van der Waals surface area contributed by atoms with E-state index in [9.17, 15) is 4.79 Å². The largest absolute Gasteiger partial charge is 0.444 e. The molecule has 0 aromatic heterocycles. The van der Waals surface area contributed by atoms with Gasteiger partial charge in [-0.3, -0.25) is 0 Å². The van der Waals surface area contributed by atoms with Crippen molar-refractivity contribution in [2.45, 2.75) is 45.6 Å². The Morgan fingerprint density at radius 1 is 1.42 bits per heavy atom. The molecule has 0 aliphatic carbocycles. The van der Waals surface area contributed by atoms with Crippen LogP contribution in [-0.2, 0) is 9.47 Å². The lowest BCUT2D eigenvalue weighted by molar-refractivity contribution is 0.00678. The third-order valence-corrected chi connectivity index (χ3v) is 2.97. The molecule has 0 aromatic carbocycles. The molecule has 19 heavy (non-hydrogen) atoms. The average molecular weight is 273 g/mol. The highest BCUT2D eigenvalue weighted by atomic mass is 16.6. The van der Waals surface area contributed by atoms with Crippen LogP contribution in [0.5, 0.6) is 0 Å². The fourth-order valence-electron chi connectivity index (χ4n) is 2.11. The maximum atomic E-state index is 12.0. The molecule has 0 radical (unpaired) electrons. The lowest BCUT2D eigenvalue weighted by Crippen LogP contribution is -2.43. The third-order valence-electron chi connectivity index (χ3n) is 2.97. The van der Waals surface area contributed by atoms with Gasteiger partial charge >= 0.3 is 6.09 Å². The number of carbonyl (C=O) groups is 1. The number of hydrogen-bond donors (Lipinski definition) is 1. The second-order valence-corrected chi connectivity index (χ2v) is 6.09. The molecule has 1 rings (SSSR count). The van der Waals surface area contributed by atoms with Crippen LogP contribution in [0.1, 0.15) is 40.0 Å². The minimum absolute atomic E-state index is 0.161. The predicted molar refractivity (Wildman–Crippen MR) is 73.1 cm³/mol. The maximum Gasteiger partial charge on any atom is 0.410 e. The van der Waals surface area contributed by atoms with Crippen molar-refractivity contribution in [2.75, 3.05) is 32.9 Å². The number of rotatable bonds is 5. The van der Waals surface area contributed by atoms with E-state index >= 15 is 0 Å². The van der Waals surface area contributed by atoms with E-state index in [-0.39, 0.29) is 12.7 Å². The zero-order valence-corrected chi connectivity index (χ0v) is 12.4. The molecular formula is C14H27NO4. The first-order chi connectivity index (χ1) is 8.92. The first-order valence-corrected chi connectivity index (χ1v) is 7.09. The van der Waals surface area contributed by atoms with Crippen molar-refractivity contribution in [3.63, 3.8) is 0 Å². The number of likely N-dealkylation sites (tertiary alicyclic amines) is 1. The van der Waals surface area contributed by atoms with Gasteiger partial charge in [0.15, 0.2) is 0 Å². The number of nitrogens with zero attached hydrogens (tertiary/aromatic N) is 1. The highest BCUT2D eigenvalue weighted by Crippen LogP contribution is 2.19. The summed E-state index contributed by atoms with van der Waals surface area (Å²) >= 11 is 0. The van der Waals surface area contributed by atoms with E-state index in [1.165, 1.54) is 0 Å². The van der Waals surface area contributed by atoms with Gasteiger partial charge in [-0.05, 0) is 40.0 Å². The van der Waals surface area contributed by atoms with Crippen molar-refractivity contribution in [3.05, 3.63) is 0 Å². The van der Waals surface area contributed by atoms with Gasteiger partial charge in [0.2, 0.25) is 0 Å². The predicted octanol–water partition coefficient (Wildman–Crippen LogP) is 2.03. The lowest BCUT2D eigenvalue weighted by Gasteiger charge is -2.34. The molecule has 1 N–H and O–H groups in total. The average Bonchev–Trinajstić information content (AvgIpc) is 2.33. The van der Waals surface area contributed by atoms with Crippen molar-refractivity contribution in [2.24, 2.45) is 5.92 Å². The van der Waals surface area contributed by atoms with Crippen LogP contribution in [0.15, 0.2) is 0 Å². The van der Waals surface area contributed by atoms with E-state index in [0.29, 0.717) is 32.1 Å². The zero-order chi connectivity index (χ0) is 14.3. The summed E-state index contributed by atoms with van der Waals surface area (Å²) in [7, 11) is 0. The first kappa shape index (κ1) is 16.2. The Morgan fingerprint density at radius 3 is 2.79 bits per heavy atom. The molecule has 112 valence electrons.